The van der Waals surface area contributed by atoms with Crippen molar-refractivity contribution in [3.8, 4) is 11.4 Å². The number of benzene rings is 2. The zero-order valence-electron chi connectivity index (χ0n) is 15.6. The normalized spacial score (nSPS) is 11.9. The van der Waals surface area contributed by atoms with E-state index in [1.54, 1.807) is 12.3 Å². The van der Waals surface area contributed by atoms with Gasteiger partial charge < -0.3 is 15.6 Å². The Morgan fingerprint density at radius 2 is 1.76 bits per heavy atom. The van der Waals surface area contributed by atoms with Gasteiger partial charge in [0.05, 0.1) is 11.8 Å². The number of carbonyl (C=O) groups excluding carboxylic acids is 1. The molecule has 2 heterocycles. The predicted molar refractivity (Wildman–Crippen MR) is 113 cm³/mol. The van der Waals surface area contributed by atoms with Gasteiger partial charge >= 0.3 is 0 Å². The predicted octanol–water partition coefficient (Wildman–Crippen LogP) is 4.03. The molecule has 29 heavy (non-hydrogen) atoms. The van der Waals surface area contributed by atoms with E-state index < -0.39 is 5.25 Å². The number of aryl methyl sites for hydroxylation is 1. The van der Waals surface area contributed by atoms with Crippen LogP contribution < -0.4 is 11.2 Å². The molecular weight excluding hydrogens is 386 g/mol. The maximum absolute atomic E-state index is 13.1. The number of hydrogen-bond donors (Lipinski definition) is 2. The summed E-state index contributed by atoms with van der Waals surface area (Å²) in [6.45, 7) is 1.83. The molecule has 146 valence electrons. The van der Waals surface area contributed by atoms with Crippen molar-refractivity contribution in [2.75, 3.05) is 11.2 Å². The van der Waals surface area contributed by atoms with Gasteiger partial charge in [0, 0.05) is 5.69 Å². The van der Waals surface area contributed by atoms with Crippen molar-refractivity contribution in [1.82, 2.24) is 14.9 Å². The molecule has 1 amide bonds. The molecule has 0 fully saturated rings. The van der Waals surface area contributed by atoms with E-state index in [2.05, 4.69) is 15.5 Å². The summed E-state index contributed by atoms with van der Waals surface area (Å²) in [7, 11) is 0. The van der Waals surface area contributed by atoms with Gasteiger partial charge in [0.2, 0.25) is 11.1 Å². The van der Waals surface area contributed by atoms with Crippen LogP contribution in [0.4, 0.5) is 5.69 Å². The van der Waals surface area contributed by atoms with E-state index in [4.69, 9.17) is 10.3 Å². The zero-order chi connectivity index (χ0) is 20.2. The molecule has 7 nitrogen and oxygen atoms in total. The van der Waals surface area contributed by atoms with E-state index >= 15 is 0 Å². The molecule has 4 aromatic rings. The number of furan rings is 1. The zero-order valence-corrected chi connectivity index (χ0v) is 16.5. The van der Waals surface area contributed by atoms with Crippen molar-refractivity contribution in [2.24, 2.45) is 0 Å². The van der Waals surface area contributed by atoms with Crippen molar-refractivity contribution in [3.63, 3.8) is 0 Å². The smallest absolute Gasteiger partial charge is 0.242 e. The standard InChI is InChI=1S/C21H19N5O2S/c1-14-17(12-13-28-14)19-24-25-21(26(19)22)29-18(15-8-4-2-5-9-15)20(27)23-16-10-6-3-7-11-16/h2-13,18H,22H2,1H3,(H,23,27). The Balaban J connectivity index is 1.64. The van der Waals surface area contributed by atoms with E-state index in [0.29, 0.717) is 16.7 Å². The van der Waals surface area contributed by atoms with Gasteiger partial charge in [-0.25, -0.2) is 4.68 Å². The minimum Gasteiger partial charge on any atom is -0.469 e. The fraction of sp³-hybridized carbons (Fsp3) is 0.0952. The fourth-order valence-electron chi connectivity index (χ4n) is 2.89. The van der Waals surface area contributed by atoms with E-state index in [1.807, 2.05) is 67.6 Å². The lowest BCUT2D eigenvalue weighted by Gasteiger charge is -2.16. The lowest BCUT2D eigenvalue weighted by molar-refractivity contribution is -0.115. The van der Waals surface area contributed by atoms with Crippen LogP contribution in [-0.4, -0.2) is 20.8 Å². The average Bonchev–Trinajstić information content (AvgIpc) is 3.32. The summed E-state index contributed by atoms with van der Waals surface area (Å²) in [5, 5.41) is 11.2. The molecule has 0 saturated carbocycles. The quantitative estimate of drug-likeness (QED) is 0.371. The fourth-order valence-corrected chi connectivity index (χ4v) is 3.85. The Labute approximate surface area is 171 Å². The van der Waals surface area contributed by atoms with Crippen LogP contribution in [0.15, 0.2) is 82.6 Å². The maximum atomic E-state index is 13.1. The molecule has 2 aromatic heterocycles. The number of nitrogen functional groups attached to an aromatic ring is 1. The monoisotopic (exact) mass is 405 g/mol. The van der Waals surface area contributed by atoms with Crippen LogP contribution in [0.25, 0.3) is 11.4 Å². The highest BCUT2D eigenvalue weighted by molar-refractivity contribution is 8.00. The van der Waals surface area contributed by atoms with Crippen LogP contribution in [0, 0.1) is 6.92 Å². The van der Waals surface area contributed by atoms with Crippen LogP contribution >= 0.6 is 11.8 Å². The molecule has 2 aromatic carbocycles. The molecule has 0 spiro atoms. The number of nitrogens with zero attached hydrogens (tertiary/aromatic N) is 3. The van der Waals surface area contributed by atoms with E-state index in [9.17, 15) is 4.79 Å². The van der Waals surface area contributed by atoms with E-state index in [-0.39, 0.29) is 5.91 Å². The minimum atomic E-state index is -0.554. The van der Waals surface area contributed by atoms with Crippen LogP contribution in [0.3, 0.4) is 0 Å². The van der Waals surface area contributed by atoms with Crippen molar-refractivity contribution in [2.45, 2.75) is 17.3 Å². The van der Waals surface area contributed by atoms with Crippen LogP contribution in [0.1, 0.15) is 16.6 Å². The number of para-hydroxylation sites is 1. The number of hydrogen-bond acceptors (Lipinski definition) is 6. The van der Waals surface area contributed by atoms with Gasteiger partial charge in [0.1, 0.15) is 11.0 Å². The van der Waals surface area contributed by atoms with Crippen molar-refractivity contribution in [3.05, 3.63) is 84.3 Å². The van der Waals surface area contributed by atoms with E-state index in [0.717, 1.165) is 16.8 Å². The summed E-state index contributed by atoms with van der Waals surface area (Å²) >= 11 is 1.24. The first-order valence-corrected chi connectivity index (χ1v) is 9.84. The summed E-state index contributed by atoms with van der Waals surface area (Å²) in [6.07, 6.45) is 1.58. The Kier molecular flexibility index (Phi) is 5.35. The third-order valence-corrected chi connectivity index (χ3v) is 5.58. The summed E-state index contributed by atoms with van der Waals surface area (Å²) in [5.41, 5.74) is 2.33. The summed E-state index contributed by atoms with van der Waals surface area (Å²) in [5.74, 6) is 7.25. The number of thioether (sulfide) groups is 1. The van der Waals surface area contributed by atoms with Crippen molar-refractivity contribution >= 4 is 23.4 Å². The van der Waals surface area contributed by atoms with Crippen molar-refractivity contribution in [1.29, 1.82) is 0 Å². The molecule has 0 aliphatic rings. The number of nitrogens with two attached hydrogens (primary N) is 1. The Morgan fingerprint density at radius 3 is 2.41 bits per heavy atom. The molecular formula is C21H19N5O2S. The second-order valence-corrected chi connectivity index (χ2v) is 7.40. The Hall–Kier alpha value is -3.52. The summed E-state index contributed by atoms with van der Waals surface area (Å²) in [4.78, 5) is 13.1. The maximum Gasteiger partial charge on any atom is 0.242 e. The minimum absolute atomic E-state index is 0.170. The van der Waals surface area contributed by atoms with Gasteiger partial charge in [0.15, 0.2) is 5.82 Å². The second-order valence-electron chi connectivity index (χ2n) is 6.33. The topological polar surface area (TPSA) is 99.0 Å². The molecule has 8 heteroatoms. The number of anilines is 1. The molecule has 4 rings (SSSR count). The lowest BCUT2D eigenvalue weighted by Crippen LogP contribution is -2.20. The van der Waals surface area contributed by atoms with Gasteiger partial charge in [0.25, 0.3) is 0 Å². The molecule has 0 bridgehead atoms. The Bertz CT molecular complexity index is 1110. The Morgan fingerprint density at radius 1 is 1.07 bits per heavy atom. The number of nitrogens with one attached hydrogen (secondary N) is 1. The third-order valence-electron chi connectivity index (χ3n) is 4.37. The van der Waals surface area contributed by atoms with Crippen LogP contribution in [-0.2, 0) is 4.79 Å². The van der Waals surface area contributed by atoms with Gasteiger partial charge in [-0.3, -0.25) is 4.79 Å². The van der Waals surface area contributed by atoms with Crippen molar-refractivity contribution < 1.29 is 9.21 Å². The highest BCUT2D eigenvalue weighted by Gasteiger charge is 2.26. The highest BCUT2D eigenvalue weighted by Crippen LogP contribution is 2.36. The van der Waals surface area contributed by atoms with Gasteiger partial charge in [-0.1, -0.05) is 60.3 Å². The second kappa shape index (κ2) is 8.24. The first kappa shape index (κ1) is 18.8. The molecule has 1 unspecified atom stereocenters. The van der Waals surface area contributed by atoms with Gasteiger partial charge in [-0.15, -0.1) is 10.2 Å². The first-order valence-electron chi connectivity index (χ1n) is 8.96. The number of aromatic nitrogens is 3. The number of amides is 1. The lowest BCUT2D eigenvalue weighted by atomic mass is 10.1. The highest BCUT2D eigenvalue weighted by atomic mass is 32.2. The SMILES string of the molecule is Cc1occc1-c1nnc(SC(C(=O)Nc2ccccc2)c2ccccc2)n1N. The molecule has 1 atom stereocenters. The molecule has 3 N–H and O–H groups in total. The average molecular weight is 405 g/mol. The summed E-state index contributed by atoms with van der Waals surface area (Å²) in [6, 6.07) is 20.6. The number of carbonyl (C=O) groups is 1. The molecule has 0 aliphatic heterocycles. The first-order chi connectivity index (χ1) is 14.1. The third kappa shape index (κ3) is 4.02. The van der Waals surface area contributed by atoms with Crippen LogP contribution in [0.5, 0.6) is 0 Å². The van der Waals surface area contributed by atoms with Gasteiger partial charge in [-0.05, 0) is 30.7 Å². The largest absolute Gasteiger partial charge is 0.469 e. The van der Waals surface area contributed by atoms with Crippen LogP contribution in [0.2, 0.25) is 0 Å². The molecule has 0 radical (unpaired) electrons. The molecule has 0 aliphatic carbocycles. The number of rotatable bonds is 6. The summed E-state index contributed by atoms with van der Waals surface area (Å²) < 4.78 is 6.71. The molecule has 0 saturated heterocycles. The van der Waals surface area contributed by atoms with E-state index in [1.165, 1.54) is 16.4 Å². The van der Waals surface area contributed by atoms with Gasteiger partial charge in [-0.2, -0.15) is 0 Å².